The summed E-state index contributed by atoms with van der Waals surface area (Å²) < 4.78 is 0. The number of nitrogens with one attached hydrogen (secondary N) is 2. The second-order valence-electron chi connectivity index (χ2n) is 6.82. The van der Waals surface area contributed by atoms with Crippen LogP contribution in [0.25, 0.3) is 10.9 Å². The van der Waals surface area contributed by atoms with Crippen LogP contribution in [-0.2, 0) is 11.2 Å². The highest BCUT2D eigenvalue weighted by Gasteiger charge is 2.31. The van der Waals surface area contributed by atoms with Crippen molar-refractivity contribution in [3.63, 3.8) is 0 Å². The molecule has 2 heterocycles. The standard InChI is InChI=1S/C21H21N3O2/c25-20(10-15-4-2-1-3-5-15)23-12-16-13-24(14-16)21(26)18-7-6-17-8-9-22-19(17)11-18/h1-9,11,16,22H,10,12-14H2,(H,23,25). The smallest absolute Gasteiger partial charge is 0.253 e. The molecule has 2 amide bonds. The minimum atomic E-state index is 0.0261. The maximum atomic E-state index is 12.5. The lowest BCUT2D eigenvalue weighted by atomic mass is 9.98. The molecule has 1 aliphatic heterocycles. The zero-order chi connectivity index (χ0) is 17.9. The van der Waals surface area contributed by atoms with E-state index in [1.165, 1.54) is 0 Å². The minimum Gasteiger partial charge on any atom is -0.361 e. The first-order valence-electron chi connectivity index (χ1n) is 8.86. The number of hydrogen-bond donors (Lipinski definition) is 2. The average molecular weight is 347 g/mol. The second kappa shape index (κ2) is 7.04. The highest BCUT2D eigenvalue weighted by molar-refractivity contribution is 5.98. The number of carbonyl (C=O) groups is 2. The van der Waals surface area contributed by atoms with E-state index in [0.29, 0.717) is 37.5 Å². The van der Waals surface area contributed by atoms with Gasteiger partial charge in [-0.3, -0.25) is 9.59 Å². The van der Waals surface area contributed by atoms with Gasteiger partial charge in [0.1, 0.15) is 0 Å². The fourth-order valence-electron chi connectivity index (χ4n) is 3.33. The van der Waals surface area contributed by atoms with Gasteiger partial charge in [0.05, 0.1) is 6.42 Å². The third-order valence-electron chi connectivity index (χ3n) is 4.84. The van der Waals surface area contributed by atoms with Crippen molar-refractivity contribution in [1.29, 1.82) is 0 Å². The Morgan fingerprint density at radius 2 is 1.88 bits per heavy atom. The number of aromatic nitrogens is 1. The Balaban J connectivity index is 1.24. The van der Waals surface area contributed by atoms with E-state index >= 15 is 0 Å². The molecule has 0 unspecified atom stereocenters. The van der Waals surface area contributed by atoms with Gasteiger partial charge in [0.2, 0.25) is 5.91 Å². The van der Waals surface area contributed by atoms with Crippen LogP contribution in [-0.4, -0.2) is 41.3 Å². The van der Waals surface area contributed by atoms with Crippen molar-refractivity contribution in [3.8, 4) is 0 Å². The lowest BCUT2D eigenvalue weighted by molar-refractivity contribution is -0.120. The van der Waals surface area contributed by atoms with E-state index in [-0.39, 0.29) is 11.8 Å². The molecule has 2 aromatic carbocycles. The van der Waals surface area contributed by atoms with Gasteiger partial charge in [-0.25, -0.2) is 0 Å². The first-order valence-corrected chi connectivity index (χ1v) is 8.86. The molecule has 0 aliphatic carbocycles. The highest BCUT2D eigenvalue weighted by Crippen LogP contribution is 2.21. The number of fused-ring (bicyclic) bond motifs is 1. The molecule has 5 heteroatoms. The molecule has 1 saturated heterocycles. The summed E-state index contributed by atoms with van der Waals surface area (Å²) in [4.78, 5) is 29.5. The molecule has 0 radical (unpaired) electrons. The van der Waals surface area contributed by atoms with Gasteiger partial charge in [-0.2, -0.15) is 0 Å². The molecule has 2 N–H and O–H groups in total. The molecule has 26 heavy (non-hydrogen) atoms. The Bertz CT molecular complexity index is 927. The molecule has 1 fully saturated rings. The number of nitrogens with zero attached hydrogens (tertiary/aromatic N) is 1. The Morgan fingerprint density at radius 3 is 2.69 bits per heavy atom. The zero-order valence-corrected chi connectivity index (χ0v) is 14.4. The van der Waals surface area contributed by atoms with E-state index in [1.807, 2.05) is 65.7 Å². The SMILES string of the molecule is O=C(Cc1ccccc1)NCC1CN(C(=O)c2ccc3cc[nH]c3c2)C1. The molecular formula is C21H21N3O2. The Hall–Kier alpha value is -3.08. The molecule has 0 bridgehead atoms. The van der Waals surface area contributed by atoms with E-state index in [9.17, 15) is 9.59 Å². The molecule has 0 atom stereocenters. The van der Waals surface area contributed by atoms with Gasteiger partial charge in [-0.1, -0.05) is 36.4 Å². The first-order chi connectivity index (χ1) is 12.7. The van der Waals surface area contributed by atoms with Gasteiger partial charge in [0, 0.05) is 42.8 Å². The van der Waals surface area contributed by atoms with Gasteiger partial charge < -0.3 is 15.2 Å². The summed E-state index contributed by atoms with van der Waals surface area (Å²) in [7, 11) is 0. The Kier molecular flexibility index (Phi) is 4.44. The van der Waals surface area contributed by atoms with E-state index in [0.717, 1.165) is 16.5 Å². The monoisotopic (exact) mass is 347 g/mol. The van der Waals surface area contributed by atoms with E-state index in [4.69, 9.17) is 0 Å². The maximum absolute atomic E-state index is 12.5. The molecular weight excluding hydrogens is 326 g/mol. The number of carbonyl (C=O) groups excluding carboxylic acids is 2. The summed E-state index contributed by atoms with van der Waals surface area (Å²) in [6.07, 6.45) is 2.27. The topological polar surface area (TPSA) is 65.2 Å². The second-order valence-corrected chi connectivity index (χ2v) is 6.82. The molecule has 4 rings (SSSR count). The largest absolute Gasteiger partial charge is 0.361 e. The van der Waals surface area contributed by atoms with Crippen molar-refractivity contribution in [1.82, 2.24) is 15.2 Å². The first kappa shape index (κ1) is 16.4. The van der Waals surface area contributed by atoms with Gasteiger partial charge in [0.25, 0.3) is 5.91 Å². The third kappa shape index (κ3) is 3.47. The third-order valence-corrected chi connectivity index (χ3v) is 4.84. The van der Waals surface area contributed by atoms with Crippen molar-refractivity contribution in [2.75, 3.05) is 19.6 Å². The number of amides is 2. The normalized spacial score (nSPS) is 14.2. The van der Waals surface area contributed by atoms with Gasteiger partial charge in [-0.05, 0) is 29.1 Å². The van der Waals surface area contributed by atoms with E-state index in [1.54, 1.807) is 0 Å². The van der Waals surface area contributed by atoms with Crippen LogP contribution in [0.3, 0.4) is 0 Å². The number of rotatable bonds is 5. The molecule has 1 aromatic heterocycles. The minimum absolute atomic E-state index is 0.0261. The van der Waals surface area contributed by atoms with Gasteiger partial charge in [0.15, 0.2) is 0 Å². The number of aromatic amines is 1. The number of likely N-dealkylation sites (tertiary alicyclic amines) is 1. The molecule has 0 spiro atoms. The zero-order valence-electron chi connectivity index (χ0n) is 14.4. The van der Waals surface area contributed by atoms with Crippen molar-refractivity contribution in [3.05, 3.63) is 71.9 Å². The van der Waals surface area contributed by atoms with Crippen LogP contribution in [0, 0.1) is 5.92 Å². The van der Waals surface area contributed by atoms with Crippen molar-refractivity contribution < 1.29 is 9.59 Å². The lowest BCUT2D eigenvalue weighted by Crippen LogP contribution is -2.53. The predicted octanol–water partition coefficient (Wildman–Crippen LogP) is 2.60. The molecule has 5 nitrogen and oxygen atoms in total. The van der Waals surface area contributed by atoms with Crippen LogP contribution in [0.4, 0.5) is 0 Å². The van der Waals surface area contributed by atoms with Crippen molar-refractivity contribution >= 4 is 22.7 Å². The average Bonchev–Trinajstić information content (AvgIpc) is 3.08. The summed E-state index contributed by atoms with van der Waals surface area (Å²) in [6.45, 7) is 1.99. The number of H-pyrrole nitrogens is 1. The molecule has 132 valence electrons. The Labute approximate surface area is 152 Å². The summed E-state index contributed by atoms with van der Waals surface area (Å²) in [6, 6.07) is 17.4. The Morgan fingerprint density at radius 1 is 1.08 bits per heavy atom. The fraction of sp³-hybridized carbons (Fsp3) is 0.238. The summed E-state index contributed by atoms with van der Waals surface area (Å²) in [5.41, 5.74) is 2.68. The van der Waals surface area contributed by atoms with E-state index < -0.39 is 0 Å². The maximum Gasteiger partial charge on any atom is 0.253 e. The fourth-order valence-corrected chi connectivity index (χ4v) is 3.33. The number of benzene rings is 2. The van der Waals surface area contributed by atoms with Crippen LogP contribution in [0.1, 0.15) is 15.9 Å². The van der Waals surface area contributed by atoms with Crippen LogP contribution in [0.15, 0.2) is 60.8 Å². The quantitative estimate of drug-likeness (QED) is 0.745. The molecule has 3 aromatic rings. The molecule has 0 saturated carbocycles. The van der Waals surface area contributed by atoms with Crippen LogP contribution >= 0.6 is 0 Å². The summed E-state index contributed by atoms with van der Waals surface area (Å²) in [5.74, 6) is 0.402. The number of hydrogen-bond acceptors (Lipinski definition) is 2. The molecule has 1 aliphatic rings. The van der Waals surface area contributed by atoms with Crippen LogP contribution in [0.2, 0.25) is 0 Å². The van der Waals surface area contributed by atoms with E-state index in [2.05, 4.69) is 10.3 Å². The van der Waals surface area contributed by atoms with Crippen molar-refractivity contribution in [2.24, 2.45) is 5.92 Å². The summed E-state index contributed by atoms with van der Waals surface area (Å²) >= 11 is 0. The van der Waals surface area contributed by atoms with Crippen molar-refractivity contribution in [2.45, 2.75) is 6.42 Å². The predicted molar refractivity (Wildman–Crippen MR) is 101 cm³/mol. The highest BCUT2D eigenvalue weighted by atomic mass is 16.2. The lowest BCUT2D eigenvalue weighted by Gasteiger charge is -2.39. The summed E-state index contributed by atoms with van der Waals surface area (Å²) in [5, 5.41) is 4.07. The van der Waals surface area contributed by atoms with Gasteiger partial charge >= 0.3 is 0 Å². The van der Waals surface area contributed by atoms with Gasteiger partial charge in [-0.15, -0.1) is 0 Å². The van der Waals surface area contributed by atoms with Crippen LogP contribution < -0.4 is 5.32 Å². The van der Waals surface area contributed by atoms with Crippen LogP contribution in [0.5, 0.6) is 0 Å².